The van der Waals surface area contributed by atoms with E-state index < -0.39 is 32.2 Å². The van der Waals surface area contributed by atoms with Crippen LogP contribution in [-0.2, 0) is 4.74 Å². The van der Waals surface area contributed by atoms with E-state index in [9.17, 15) is 9.90 Å². The standard InChI is InChI=1S/C17H19N5O5/c23-6-12(7-24)27-13(8-25)22-10-20-14-15(18-9-19-16(14)22)21-17(26)11-4-2-1-3-5-11/h1-5,9-10,12-13,23-25H,6-8H2,(H,18,19,21,26)/t13-/m0/s1. The predicted octanol–water partition coefficient (Wildman–Crippen LogP) is -0.0607. The molecule has 10 heteroatoms. The van der Waals surface area contributed by atoms with E-state index >= 15 is 0 Å². The Morgan fingerprint density at radius 1 is 1.07 bits per heavy atom. The van der Waals surface area contributed by atoms with E-state index in [1.807, 2.05) is 6.07 Å². The highest BCUT2D eigenvalue weighted by molar-refractivity contribution is 6.06. The van der Waals surface area contributed by atoms with Gasteiger partial charge in [-0.3, -0.25) is 9.36 Å². The van der Waals surface area contributed by atoms with E-state index in [1.165, 1.54) is 17.2 Å². The summed E-state index contributed by atoms with van der Waals surface area (Å²) in [6.07, 6.45) is 0.848. The lowest BCUT2D eigenvalue weighted by Gasteiger charge is -2.22. The molecular formula is C17H19N5O5. The van der Waals surface area contributed by atoms with Gasteiger partial charge in [0.2, 0.25) is 0 Å². The first-order valence-corrected chi connectivity index (χ1v) is 8.20. The number of nitrogens with zero attached hydrogens (tertiary/aromatic N) is 4. The van der Waals surface area contributed by atoms with Crippen LogP contribution in [-0.4, -0.2) is 66.7 Å². The lowest BCUT2D eigenvalue weighted by atomic mass is 10.2. The maximum atomic E-state index is 12.4. The number of anilines is 1. The number of rotatable bonds is 8. The molecule has 4 N–H and O–H groups in total. The number of aliphatic hydroxyl groups excluding tert-OH is 3. The maximum absolute atomic E-state index is 12.4. The Labute approximate surface area is 154 Å². The van der Waals surface area contributed by atoms with Gasteiger partial charge in [0, 0.05) is 5.56 Å². The highest BCUT2D eigenvalue weighted by Crippen LogP contribution is 2.22. The zero-order chi connectivity index (χ0) is 19.2. The van der Waals surface area contributed by atoms with Crippen LogP contribution in [0.1, 0.15) is 16.6 Å². The normalized spacial score (nSPS) is 12.4. The fourth-order valence-corrected chi connectivity index (χ4v) is 2.49. The zero-order valence-electron chi connectivity index (χ0n) is 14.3. The summed E-state index contributed by atoms with van der Waals surface area (Å²) >= 11 is 0. The number of hydrogen-bond donors (Lipinski definition) is 4. The van der Waals surface area contributed by atoms with Crippen molar-refractivity contribution in [2.24, 2.45) is 0 Å². The smallest absolute Gasteiger partial charge is 0.256 e. The number of benzene rings is 1. The Bertz CT molecular complexity index is 897. The van der Waals surface area contributed by atoms with Gasteiger partial charge in [0.05, 0.1) is 26.1 Å². The van der Waals surface area contributed by atoms with E-state index in [2.05, 4.69) is 20.3 Å². The van der Waals surface area contributed by atoms with Gasteiger partial charge in [-0.05, 0) is 12.1 Å². The average Bonchev–Trinajstić information content (AvgIpc) is 3.15. The Hall–Kier alpha value is -2.92. The first-order chi connectivity index (χ1) is 13.2. The van der Waals surface area contributed by atoms with Gasteiger partial charge >= 0.3 is 0 Å². The third kappa shape index (κ3) is 4.09. The molecular weight excluding hydrogens is 354 g/mol. The van der Waals surface area contributed by atoms with Crippen LogP contribution < -0.4 is 5.32 Å². The number of carbonyl (C=O) groups excluding carboxylic acids is 1. The lowest BCUT2D eigenvalue weighted by Crippen LogP contribution is -2.28. The van der Waals surface area contributed by atoms with E-state index in [0.29, 0.717) is 16.7 Å². The first kappa shape index (κ1) is 18.9. The molecule has 1 atom stereocenters. The van der Waals surface area contributed by atoms with Crippen LogP contribution in [0.3, 0.4) is 0 Å². The summed E-state index contributed by atoms with van der Waals surface area (Å²) in [7, 11) is 0. The number of fused-ring (bicyclic) bond motifs is 1. The number of nitrogens with one attached hydrogen (secondary N) is 1. The fourth-order valence-electron chi connectivity index (χ4n) is 2.49. The van der Waals surface area contributed by atoms with Crippen LogP contribution in [0, 0.1) is 0 Å². The molecule has 1 aromatic carbocycles. The second-order valence-corrected chi connectivity index (χ2v) is 5.63. The largest absolute Gasteiger partial charge is 0.394 e. The molecule has 10 nitrogen and oxygen atoms in total. The predicted molar refractivity (Wildman–Crippen MR) is 94.9 cm³/mol. The summed E-state index contributed by atoms with van der Waals surface area (Å²) in [4.78, 5) is 24.7. The Kier molecular flexibility index (Phi) is 6.04. The summed E-state index contributed by atoms with van der Waals surface area (Å²) in [5, 5.41) is 30.6. The number of imidazole rings is 1. The van der Waals surface area contributed by atoms with E-state index in [4.69, 9.17) is 14.9 Å². The van der Waals surface area contributed by atoms with E-state index in [1.54, 1.807) is 24.3 Å². The SMILES string of the molecule is O=C(Nc1ncnc2c1ncn2[C@H](CO)OC(CO)CO)c1ccccc1. The third-order valence-corrected chi connectivity index (χ3v) is 3.85. The molecule has 0 fully saturated rings. The van der Waals surface area contributed by atoms with Crippen LogP contribution in [0.4, 0.5) is 5.82 Å². The van der Waals surface area contributed by atoms with Crippen molar-refractivity contribution in [3.05, 3.63) is 48.5 Å². The van der Waals surface area contributed by atoms with Gasteiger partial charge in [-0.1, -0.05) is 18.2 Å². The van der Waals surface area contributed by atoms with Gasteiger partial charge in [0.15, 0.2) is 23.2 Å². The zero-order valence-corrected chi connectivity index (χ0v) is 14.3. The number of amides is 1. The summed E-state index contributed by atoms with van der Waals surface area (Å²) in [6.45, 7) is -1.25. The molecule has 0 radical (unpaired) electrons. The van der Waals surface area contributed by atoms with Crippen molar-refractivity contribution in [3.8, 4) is 0 Å². The van der Waals surface area contributed by atoms with Crippen molar-refractivity contribution < 1.29 is 24.9 Å². The third-order valence-electron chi connectivity index (χ3n) is 3.85. The molecule has 2 heterocycles. The van der Waals surface area contributed by atoms with Crippen molar-refractivity contribution in [2.75, 3.05) is 25.1 Å². The molecule has 142 valence electrons. The Balaban J connectivity index is 1.89. The minimum absolute atomic E-state index is 0.213. The molecule has 0 aliphatic heterocycles. The topological polar surface area (TPSA) is 143 Å². The molecule has 0 bridgehead atoms. The maximum Gasteiger partial charge on any atom is 0.256 e. The molecule has 2 aromatic heterocycles. The summed E-state index contributed by atoms with van der Waals surface area (Å²) < 4.78 is 6.90. The second-order valence-electron chi connectivity index (χ2n) is 5.63. The number of aliphatic hydroxyl groups is 3. The lowest BCUT2D eigenvalue weighted by molar-refractivity contribution is -0.110. The molecule has 0 spiro atoms. The van der Waals surface area contributed by atoms with Gasteiger partial charge < -0.3 is 25.4 Å². The van der Waals surface area contributed by atoms with Crippen LogP contribution >= 0.6 is 0 Å². The quantitative estimate of drug-likeness (QED) is 0.430. The van der Waals surface area contributed by atoms with Crippen molar-refractivity contribution in [3.63, 3.8) is 0 Å². The summed E-state index contributed by atoms with van der Waals surface area (Å²) in [6, 6.07) is 8.66. The van der Waals surface area contributed by atoms with Crippen molar-refractivity contribution in [2.45, 2.75) is 12.3 Å². The highest BCUT2D eigenvalue weighted by Gasteiger charge is 2.21. The van der Waals surface area contributed by atoms with Crippen molar-refractivity contribution in [1.29, 1.82) is 0 Å². The summed E-state index contributed by atoms with van der Waals surface area (Å²) in [5.74, 6) is -0.133. The van der Waals surface area contributed by atoms with Gasteiger partial charge in [0.25, 0.3) is 5.91 Å². The monoisotopic (exact) mass is 373 g/mol. The summed E-state index contributed by atoms with van der Waals surface area (Å²) in [5.41, 5.74) is 1.10. The minimum Gasteiger partial charge on any atom is -0.394 e. The Morgan fingerprint density at radius 3 is 2.48 bits per heavy atom. The molecule has 3 rings (SSSR count). The molecule has 3 aromatic rings. The number of carbonyl (C=O) groups is 1. The fraction of sp³-hybridized carbons (Fsp3) is 0.294. The molecule has 27 heavy (non-hydrogen) atoms. The van der Waals surface area contributed by atoms with Gasteiger partial charge in [-0.15, -0.1) is 0 Å². The molecule has 0 aliphatic rings. The average molecular weight is 373 g/mol. The molecule has 0 unspecified atom stereocenters. The molecule has 0 aliphatic carbocycles. The van der Waals surface area contributed by atoms with Gasteiger partial charge in [-0.25, -0.2) is 15.0 Å². The van der Waals surface area contributed by atoms with Crippen LogP contribution in [0.5, 0.6) is 0 Å². The van der Waals surface area contributed by atoms with Crippen LogP contribution in [0.15, 0.2) is 43.0 Å². The van der Waals surface area contributed by atoms with Gasteiger partial charge in [0.1, 0.15) is 12.4 Å². The Morgan fingerprint density at radius 2 is 1.81 bits per heavy atom. The minimum atomic E-state index is -0.924. The van der Waals surface area contributed by atoms with E-state index in [0.717, 1.165) is 0 Å². The number of hydrogen-bond acceptors (Lipinski definition) is 8. The van der Waals surface area contributed by atoms with Crippen molar-refractivity contribution >= 4 is 22.9 Å². The molecule has 1 amide bonds. The highest BCUT2D eigenvalue weighted by atomic mass is 16.5. The van der Waals surface area contributed by atoms with Crippen molar-refractivity contribution in [1.82, 2.24) is 19.5 Å². The molecule has 0 saturated heterocycles. The van der Waals surface area contributed by atoms with E-state index in [-0.39, 0.29) is 11.7 Å². The first-order valence-electron chi connectivity index (χ1n) is 8.20. The number of aromatic nitrogens is 4. The van der Waals surface area contributed by atoms with Gasteiger partial charge in [-0.2, -0.15) is 0 Å². The second kappa shape index (κ2) is 8.64. The number of ether oxygens (including phenoxy) is 1. The van der Waals surface area contributed by atoms with Crippen LogP contribution in [0.2, 0.25) is 0 Å². The van der Waals surface area contributed by atoms with Crippen LogP contribution in [0.25, 0.3) is 11.2 Å². The molecule has 0 saturated carbocycles.